The van der Waals surface area contributed by atoms with Gasteiger partial charge in [0.05, 0.1) is 10.4 Å². The predicted molar refractivity (Wildman–Crippen MR) is 103 cm³/mol. The molecule has 4 aromatic rings. The second kappa shape index (κ2) is 6.80. The van der Waals surface area contributed by atoms with E-state index in [-0.39, 0.29) is 10.6 Å². The first-order valence-corrected chi connectivity index (χ1v) is 8.32. The van der Waals surface area contributed by atoms with Gasteiger partial charge in [0, 0.05) is 42.5 Å². The molecular formula is C20H16N5O2+. The van der Waals surface area contributed by atoms with Crippen molar-refractivity contribution in [3.05, 3.63) is 71.9 Å². The fraction of sp³-hybridized carbons (Fsp3) is 0.0500. The van der Waals surface area contributed by atoms with Crippen molar-refractivity contribution >= 4 is 22.4 Å². The Bertz CT molecular complexity index is 1130. The number of hydrogen-bond acceptors (Lipinski definition) is 5. The third kappa shape index (κ3) is 3.18. The number of anilines is 1. The molecule has 0 radical (unpaired) electrons. The van der Waals surface area contributed by atoms with Crippen LogP contribution in [0.15, 0.2) is 67.0 Å². The van der Waals surface area contributed by atoms with Gasteiger partial charge in [0.15, 0.2) is 5.82 Å². The Labute approximate surface area is 154 Å². The smallest absolute Gasteiger partial charge is 0.316 e. The van der Waals surface area contributed by atoms with Gasteiger partial charge in [-0.15, -0.1) is 0 Å². The summed E-state index contributed by atoms with van der Waals surface area (Å²) in [7, 11) is 1.82. The molecule has 2 aromatic heterocycles. The van der Waals surface area contributed by atoms with Gasteiger partial charge in [0.1, 0.15) is 5.82 Å². The quantitative estimate of drug-likeness (QED) is 0.531. The topological polar surface area (TPSA) is 91.0 Å². The molecule has 4 rings (SSSR count). The molecule has 2 N–H and O–H groups in total. The SMILES string of the molecule is CNc1nc(-c2cccnc2)nc2ccc(-c3ccc([N+](=O)O)cc3)cc12. The van der Waals surface area contributed by atoms with Crippen molar-refractivity contribution in [3.63, 3.8) is 0 Å². The van der Waals surface area contributed by atoms with Crippen LogP contribution < -0.4 is 5.32 Å². The van der Waals surface area contributed by atoms with Crippen molar-refractivity contribution in [3.8, 4) is 22.5 Å². The van der Waals surface area contributed by atoms with E-state index in [0.717, 1.165) is 33.4 Å². The van der Waals surface area contributed by atoms with E-state index in [1.165, 1.54) is 0 Å². The van der Waals surface area contributed by atoms with Gasteiger partial charge in [0.2, 0.25) is 0 Å². The molecule has 7 nitrogen and oxygen atoms in total. The maximum absolute atomic E-state index is 10.9. The third-order valence-electron chi connectivity index (χ3n) is 4.27. The molecule has 0 aliphatic rings. The molecule has 132 valence electrons. The summed E-state index contributed by atoms with van der Waals surface area (Å²) in [6, 6.07) is 16.4. The molecule has 2 heterocycles. The van der Waals surface area contributed by atoms with Crippen molar-refractivity contribution in [2.75, 3.05) is 12.4 Å². The van der Waals surface area contributed by atoms with Crippen LogP contribution in [0.2, 0.25) is 0 Å². The Kier molecular flexibility index (Phi) is 4.18. The minimum Gasteiger partial charge on any atom is -0.373 e. The molecule has 0 amide bonds. The largest absolute Gasteiger partial charge is 0.373 e. The molecule has 0 aliphatic carbocycles. The number of benzene rings is 2. The number of hydrogen-bond donors (Lipinski definition) is 2. The first-order chi connectivity index (χ1) is 13.2. The van der Waals surface area contributed by atoms with Gasteiger partial charge in [-0.1, -0.05) is 6.07 Å². The summed E-state index contributed by atoms with van der Waals surface area (Å²) in [6.07, 6.45) is 3.45. The van der Waals surface area contributed by atoms with Gasteiger partial charge in [-0.3, -0.25) is 4.98 Å². The molecule has 0 fully saturated rings. The van der Waals surface area contributed by atoms with Crippen LogP contribution >= 0.6 is 0 Å². The first kappa shape index (κ1) is 16.6. The minimum atomic E-state index is -0.156. The zero-order valence-electron chi connectivity index (χ0n) is 14.5. The lowest BCUT2D eigenvalue weighted by molar-refractivity contribution is -0.729. The van der Waals surface area contributed by atoms with Crippen molar-refractivity contribution in [2.45, 2.75) is 0 Å². The number of nitrogens with zero attached hydrogens (tertiary/aromatic N) is 4. The fourth-order valence-corrected chi connectivity index (χ4v) is 2.90. The molecule has 0 bridgehead atoms. The Morgan fingerprint density at radius 3 is 2.41 bits per heavy atom. The van der Waals surface area contributed by atoms with Crippen molar-refractivity contribution in [1.29, 1.82) is 0 Å². The Balaban J connectivity index is 1.81. The number of aromatic nitrogens is 3. The second-order valence-electron chi connectivity index (χ2n) is 5.94. The molecule has 0 aliphatic heterocycles. The van der Waals surface area contributed by atoms with Gasteiger partial charge >= 0.3 is 5.69 Å². The molecule has 0 spiro atoms. The molecule has 27 heavy (non-hydrogen) atoms. The van der Waals surface area contributed by atoms with Crippen molar-refractivity contribution in [1.82, 2.24) is 15.0 Å². The summed E-state index contributed by atoms with van der Waals surface area (Å²) in [5.74, 6) is 1.33. The van der Waals surface area contributed by atoms with Crippen LogP contribution in [-0.4, -0.2) is 32.1 Å². The summed E-state index contributed by atoms with van der Waals surface area (Å²) >= 11 is 0. The lowest BCUT2D eigenvalue weighted by Gasteiger charge is -2.10. The fourth-order valence-electron chi connectivity index (χ4n) is 2.90. The van der Waals surface area contributed by atoms with E-state index in [4.69, 9.17) is 5.21 Å². The van der Waals surface area contributed by atoms with Gasteiger partial charge < -0.3 is 5.32 Å². The van der Waals surface area contributed by atoms with E-state index in [9.17, 15) is 4.91 Å². The summed E-state index contributed by atoms with van der Waals surface area (Å²) < 4.78 is 0. The zero-order chi connectivity index (χ0) is 18.8. The van der Waals surface area contributed by atoms with Gasteiger partial charge in [-0.25, -0.2) is 15.2 Å². The van der Waals surface area contributed by atoms with Crippen LogP contribution in [0, 0.1) is 4.91 Å². The van der Waals surface area contributed by atoms with Crippen molar-refractivity contribution in [2.24, 2.45) is 0 Å². The van der Waals surface area contributed by atoms with E-state index in [2.05, 4.69) is 20.3 Å². The molecule has 2 aromatic carbocycles. The summed E-state index contributed by atoms with van der Waals surface area (Å²) in [4.78, 5) is 24.2. The molecule has 0 saturated heterocycles. The van der Waals surface area contributed by atoms with Gasteiger partial charge in [0.25, 0.3) is 4.92 Å². The maximum Gasteiger partial charge on any atom is 0.316 e. The highest BCUT2D eigenvalue weighted by molar-refractivity contribution is 5.93. The zero-order valence-corrected chi connectivity index (χ0v) is 14.5. The lowest BCUT2D eigenvalue weighted by Crippen LogP contribution is -1.99. The van der Waals surface area contributed by atoms with Crippen LogP contribution in [0.5, 0.6) is 0 Å². The highest BCUT2D eigenvalue weighted by atomic mass is 16.6. The summed E-state index contributed by atoms with van der Waals surface area (Å²) in [5, 5.41) is 13.0. The summed E-state index contributed by atoms with van der Waals surface area (Å²) in [6.45, 7) is 0. The number of pyridine rings is 1. The Morgan fingerprint density at radius 1 is 0.963 bits per heavy atom. The number of nitrogens with one attached hydrogen (secondary N) is 1. The van der Waals surface area contributed by atoms with Crippen molar-refractivity contribution < 1.29 is 10.1 Å². The number of rotatable bonds is 4. The Morgan fingerprint density at radius 2 is 1.74 bits per heavy atom. The van der Waals surface area contributed by atoms with E-state index >= 15 is 0 Å². The van der Waals surface area contributed by atoms with Gasteiger partial charge in [-0.2, -0.15) is 0 Å². The molecule has 0 saturated carbocycles. The Hall–Kier alpha value is -3.87. The van der Waals surface area contributed by atoms with E-state index in [1.54, 1.807) is 36.7 Å². The van der Waals surface area contributed by atoms with Crippen LogP contribution in [0.25, 0.3) is 33.4 Å². The first-order valence-electron chi connectivity index (χ1n) is 8.32. The molecule has 0 unspecified atom stereocenters. The van der Waals surface area contributed by atoms with Gasteiger partial charge in [-0.05, 0) is 47.5 Å². The second-order valence-corrected chi connectivity index (χ2v) is 5.94. The number of fused-ring (bicyclic) bond motifs is 1. The van der Waals surface area contributed by atoms with Crippen LogP contribution in [-0.2, 0) is 0 Å². The summed E-state index contributed by atoms with van der Waals surface area (Å²) in [5.41, 5.74) is 3.72. The van der Waals surface area contributed by atoms with Crippen LogP contribution in [0.4, 0.5) is 11.5 Å². The lowest BCUT2D eigenvalue weighted by atomic mass is 10.0. The predicted octanol–water partition coefficient (Wildman–Crippen LogP) is 4.20. The van der Waals surface area contributed by atoms with Crippen LogP contribution in [0.3, 0.4) is 0 Å². The minimum absolute atomic E-state index is 0.156. The highest BCUT2D eigenvalue weighted by Crippen LogP contribution is 2.30. The molecule has 0 atom stereocenters. The van der Waals surface area contributed by atoms with E-state index in [0.29, 0.717) is 5.82 Å². The average Bonchev–Trinajstić information content (AvgIpc) is 2.73. The molecule has 7 heteroatoms. The monoisotopic (exact) mass is 358 g/mol. The molecular weight excluding hydrogens is 342 g/mol. The van der Waals surface area contributed by atoms with E-state index in [1.807, 2.05) is 37.4 Å². The highest BCUT2D eigenvalue weighted by Gasteiger charge is 2.13. The normalized spacial score (nSPS) is 10.7. The maximum atomic E-state index is 10.9. The van der Waals surface area contributed by atoms with Crippen LogP contribution in [0.1, 0.15) is 0 Å². The third-order valence-corrected chi connectivity index (χ3v) is 4.27. The average molecular weight is 358 g/mol. The standard InChI is InChI=1S/C20H16N5O2/c1-21-20-17-11-14(13-4-7-16(8-5-13)25(26)27)6-9-18(17)23-19(24-20)15-3-2-10-22-12-15/h2-12H,1H3,(H,26,27)(H,21,23,24)/q+1. The van der Waals surface area contributed by atoms with E-state index < -0.39 is 0 Å².